The first-order valence-corrected chi connectivity index (χ1v) is 6.93. The molecule has 9 nitrogen and oxygen atoms in total. The standard InChI is InChI=1S/C12H15N3O6/c16-10-13(1-7-4-19-7)11(17)15(3-9-6-21-9)12(18)14(10)2-8-5-20-8/h7-9H,1-6H2/t7-,8-,9+/m1/s1. The molecule has 3 aliphatic heterocycles. The van der Waals surface area contributed by atoms with Crippen molar-refractivity contribution in [1.29, 1.82) is 0 Å². The van der Waals surface area contributed by atoms with Crippen molar-refractivity contribution in [3.63, 3.8) is 0 Å². The van der Waals surface area contributed by atoms with Crippen LogP contribution in [0.15, 0.2) is 14.4 Å². The Morgan fingerprint density at radius 1 is 0.667 bits per heavy atom. The highest BCUT2D eigenvalue weighted by atomic mass is 16.6. The molecule has 0 radical (unpaired) electrons. The van der Waals surface area contributed by atoms with Crippen LogP contribution in [0, 0.1) is 0 Å². The van der Waals surface area contributed by atoms with Gasteiger partial charge in [0.25, 0.3) is 0 Å². The number of aromatic nitrogens is 3. The van der Waals surface area contributed by atoms with Crippen LogP contribution < -0.4 is 17.1 Å². The van der Waals surface area contributed by atoms with Crippen molar-refractivity contribution < 1.29 is 14.2 Å². The van der Waals surface area contributed by atoms with Crippen LogP contribution in [0.4, 0.5) is 0 Å². The van der Waals surface area contributed by atoms with E-state index < -0.39 is 17.1 Å². The van der Waals surface area contributed by atoms with Crippen molar-refractivity contribution in [2.45, 2.75) is 37.9 Å². The summed E-state index contributed by atoms with van der Waals surface area (Å²) < 4.78 is 18.4. The van der Waals surface area contributed by atoms with Gasteiger partial charge < -0.3 is 14.2 Å². The molecule has 0 amide bonds. The normalized spacial score (nSPS) is 29.4. The molecule has 3 fully saturated rings. The van der Waals surface area contributed by atoms with Gasteiger partial charge in [0.15, 0.2) is 0 Å². The molecule has 114 valence electrons. The van der Waals surface area contributed by atoms with Gasteiger partial charge in [0.05, 0.1) is 57.8 Å². The summed E-state index contributed by atoms with van der Waals surface area (Å²) in [5.41, 5.74) is -1.78. The van der Waals surface area contributed by atoms with E-state index in [1.165, 1.54) is 0 Å². The highest BCUT2D eigenvalue weighted by Gasteiger charge is 2.31. The van der Waals surface area contributed by atoms with Gasteiger partial charge in [-0.05, 0) is 0 Å². The van der Waals surface area contributed by atoms with Crippen LogP contribution in [0.25, 0.3) is 0 Å². The van der Waals surface area contributed by atoms with Crippen molar-refractivity contribution in [2.75, 3.05) is 19.8 Å². The van der Waals surface area contributed by atoms with Crippen LogP contribution in [-0.2, 0) is 33.8 Å². The summed E-state index contributed by atoms with van der Waals surface area (Å²) in [6.45, 7) is 2.12. The lowest BCUT2D eigenvalue weighted by molar-refractivity contribution is 0.327. The Balaban J connectivity index is 1.81. The van der Waals surface area contributed by atoms with Gasteiger partial charge in [-0.1, -0.05) is 0 Å². The molecule has 0 aliphatic carbocycles. The van der Waals surface area contributed by atoms with Crippen LogP contribution in [0.3, 0.4) is 0 Å². The molecule has 0 aromatic carbocycles. The summed E-state index contributed by atoms with van der Waals surface area (Å²) in [7, 11) is 0. The summed E-state index contributed by atoms with van der Waals surface area (Å²) in [5.74, 6) is 0. The summed E-state index contributed by atoms with van der Waals surface area (Å²) in [6.07, 6.45) is -0.363. The fourth-order valence-electron chi connectivity index (χ4n) is 2.28. The zero-order chi connectivity index (χ0) is 14.6. The maximum absolute atomic E-state index is 12.4. The van der Waals surface area contributed by atoms with Crippen LogP contribution >= 0.6 is 0 Å². The molecule has 9 heteroatoms. The van der Waals surface area contributed by atoms with E-state index in [-0.39, 0.29) is 37.9 Å². The number of hydrogen-bond acceptors (Lipinski definition) is 6. The Morgan fingerprint density at radius 2 is 0.905 bits per heavy atom. The average Bonchev–Trinajstić information content (AvgIpc) is 3.31. The second-order valence-corrected chi connectivity index (χ2v) is 5.55. The van der Waals surface area contributed by atoms with E-state index in [2.05, 4.69) is 0 Å². The van der Waals surface area contributed by atoms with E-state index >= 15 is 0 Å². The Kier molecular flexibility index (Phi) is 2.88. The Hall–Kier alpha value is -1.71. The fourth-order valence-corrected chi connectivity index (χ4v) is 2.28. The zero-order valence-electron chi connectivity index (χ0n) is 11.3. The topological polar surface area (TPSA) is 104 Å². The first-order chi connectivity index (χ1) is 10.1. The monoisotopic (exact) mass is 297 g/mol. The predicted octanol–water partition coefficient (Wildman–Crippen LogP) is -2.63. The molecule has 1 aromatic rings. The largest absolute Gasteiger partial charge is 0.371 e. The molecule has 0 saturated carbocycles. The van der Waals surface area contributed by atoms with Gasteiger partial charge in [0.2, 0.25) is 0 Å². The van der Waals surface area contributed by atoms with E-state index in [1.807, 2.05) is 0 Å². The van der Waals surface area contributed by atoms with Crippen molar-refractivity contribution in [1.82, 2.24) is 13.7 Å². The summed E-state index contributed by atoms with van der Waals surface area (Å²) in [5, 5.41) is 0. The molecular formula is C12H15N3O6. The van der Waals surface area contributed by atoms with Crippen molar-refractivity contribution in [3.8, 4) is 0 Å². The van der Waals surface area contributed by atoms with E-state index in [1.54, 1.807) is 0 Å². The first-order valence-electron chi connectivity index (χ1n) is 6.93. The predicted molar refractivity (Wildman–Crippen MR) is 68.4 cm³/mol. The second kappa shape index (κ2) is 4.65. The molecule has 3 atom stereocenters. The van der Waals surface area contributed by atoms with Crippen LogP contribution in [0.1, 0.15) is 0 Å². The highest BCUT2D eigenvalue weighted by molar-refractivity contribution is 4.86. The highest BCUT2D eigenvalue weighted by Crippen LogP contribution is 2.12. The maximum Gasteiger partial charge on any atom is 0.336 e. The zero-order valence-corrected chi connectivity index (χ0v) is 11.3. The van der Waals surface area contributed by atoms with Gasteiger partial charge in [-0.2, -0.15) is 0 Å². The third-order valence-corrected chi connectivity index (χ3v) is 3.75. The van der Waals surface area contributed by atoms with Crippen LogP contribution in [0.5, 0.6) is 0 Å². The van der Waals surface area contributed by atoms with Gasteiger partial charge >= 0.3 is 17.1 Å². The summed E-state index contributed by atoms with van der Waals surface area (Å²) in [4.78, 5) is 37.1. The lowest BCUT2D eigenvalue weighted by atomic mass is 10.4. The number of ether oxygens (including phenoxy) is 3. The fraction of sp³-hybridized carbons (Fsp3) is 0.750. The third kappa shape index (κ3) is 2.59. The molecule has 0 spiro atoms. The van der Waals surface area contributed by atoms with E-state index in [0.29, 0.717) is 19.8 Å². The van der Waals surface area contributed by atoms with Crippen LogP contribution in [-0.4, -0.2) is 51.8 Å². The quantitative estimate of drug-likeness (QED) is 0.532. The molecule has 0 bridgehead atoms. The first kappa shape index (κ1) is 13.0. The minimum Gasteiger partial charge on any atom is -0.371 e. The Bertz CT molecular complexity index is 605. The minimum absolute atomic E-state index is 0.121. The lowest BCUT2D eigenvalue weighted by Gasteiger charge is -2.12. The number of epoxide rings is 3. The van der Waals surface area contributed by atoms with Crippen molar-refractivity contribution >= 4 is 0 Å². The Labute approximate surface area is 118 Å². The van der Waals surface area contributed by atoms with E-state index in [4.69, 9.17) is 14.2 Å². The SMILES string of the molecule is O=c1n(C[C@H]2CO2)c(=O)n(C[C@@H]2CO2)c(=O)n1C[C@@H]1CO1. The molecule has 0 unspecified atom stereocenters. The number of hydrogen-bond donors (Lipinski definition) is 0. The van der Waals surface area contributed by atoms with Gasteiger partial charge in [-0.25, -0.2) is 28.1 Å². The second-order valence-electron chi connectivity index (χ2n) is 5.55. The number of nitrogens with zero attached hydrogens (tertiary/aromatic N) is 3. The van der Waals surface area contributed by atoms with E-state index in [9.17, 15) is 14.4 Å². The molecule has 3 aliphatic rings. The number of rotatable bonds is 6. The maximum atomic E-state index is 12.4. The molecule has 0 N–H and O–H groups in total. The molecule has 21 heavy (non-hydrogen) atoms. The average molecular weight is 297 g/mol. The van der Waals surface area contributed by atoms with Crippen molar-refractivity contribution in [3.05, 3.63) is 31.5 Å². The molecule has 1 aromatic heterocycles. The van der Waals surface area contributed by atoms with Gasteiger partial charge in [0.1, 0.15) is 0 Å². The summed E-state index contributed by atoms with van der Waals surface area (Å²) in [6, 6.07) is 0. The smallest absolute Gasteiger partial charge is 0.336 e. The van der Waals surface area contributed by atoms with Gasteiger partial charge in [0, 0.05) is 0 Å². The molecule has 4 heterocycles. The molecule has 4 rings (SSSR count). The lowest BCUT2D eigenvalue weighted by Crippen LogP contribution is -2.55. The molecule has 3 saturated heterocycles. The van der Waals surface area contributed by atoms with Crippen molar-refractivity contribution in [2.24, 2.45) is 0 Å². The summed E-state index contributed by atoms with van der Waals surface area (Å²) >= 11 is 0. The third-order valence-electron chi connectivity index (χ3n) is 3.75. The molecular weight excluding hydrogens is 282 g/mol. The minimum atomic E-state index is -0.594. The van der Waals surface area contributed by atoms with E-state index in [0.717, 1.165) is 13.7 Å². The van der Waals surface area contributed by atoms with Crippen LogP contribution in [0.2, 0.25) is 0 Å². The Morgan fingerprint density at radius 3 is 1.10 bits per heavy atom. The van der Waals surface area contributed by atoms with Gasteiger partial charge in [-0.15, -0.1) is 0 Å². The van der Waals surface area contributed by atoms with Gasteiger partial charge in [-0.3, -0.25) is 0 Å².